The summed E-state index contributed by atoms with van der Waals surface area (Å²) < 4.78 is 14.9. The largest absolute Gasteiger partial charge is 0.308 e. The van der Waals surface area contributed by atoms with E-state index in [0.29, 0.717) is 15.6 Å². The molecule has 0 radical (unpaired) electrons. The molecule has 0 fully saturated rings. The fourth-order valence-electron chi connectivity index (χ4n) is 1.52. The molecule has 0 atom stereocenters. The molecule has 1 heterocycles. The van der Waals surface area contributed by atoms with Crippen molar-refractivity contribution >= 4 is 34.8 Å². The zero-order valence-electron chi connectivity index (χ0n) is 8.96. The number of hydrogen-bond acceptors (Lipinski definition) is 1. The van der Waals surface area contributed by atoms with Gasteiger partial charge in [-0.05, 0) is 18.2 Å². The molecule has 2 rings (SSSR count). The minimum absolute atomic E-state index is 0.00290. The Labute approximate surface area is 118 Å². The lowest BCUT2D eigenvalue weighted by Crippen LogP contribution is -2.20. The molecule has 0 saturated heterocycles. The van der Waals surface area contributed by atoms with Gasteiger partial charge in [-0.25, -0.2) is 4.39 Å². The Balaban J connectivity index is 2.43. The van der Waals surface area contributed by atoms with Gasteiger partial charge in [0, 0.05) is 16.8 Å². The van der Waals surface area contributed by atoms with Gasteiger partial charge in [0.05, 0.1) is 11.6 Å². The maximum Gasteiger partial charge on any atom is 0.269 e. The van der Waals surface area contributed by atoms with Crippen LogP contribution in [-0.2, 0) is 6.54 Å². The summed E-state index contributed by atoms with van der Waals surface area (Å²) in [4.78, 5) is 11.7. The summed E-state index contributed by atoms with van der Waals surface area (Å²) in [6, 6.07) is 5.60. The van der Waals surface area contributed by atoms with Gasteiger partial charge in [0.25, 0.3) is 5.56 Å². The SMILES string of the molecule is O=c1c(Cl)cc(Cl)cn1Cc1ccc(Cl)cc1F. The number of aromatic nitrogens is 1. The van der Waals surface area contributed by atoms with Crippen LogP contribution >= 0.6 is 34.8 Å². The summed E-state index contributed by atoms with van der Waals surface area (Å²) in [6.45, 7) is 0.0438. The summed E-state index contributed by atoms with van der Waals surface area (Å²) in [5, 5.41) is 0.610. The lowest BCUT2D eigenvalue weighted by atomic mass is 10.2. The molecule has 0 aliphatic rings. The van der Waals surface area contributed by atoms with Crippen LogP contribution in [0.5, 0.6) is 0 Å². The smallest absolute Gasteiger partial charge is 0.269 e. The Kier molecular flexibility index (Phi) is 3.95. The summed E-state index contributed by atoms with van der Waals surface area (Å²) >= 11 is 17.2. The fraction of sp³-hybridized carbons (Fsp3) is 0.0833. The van der Waals surface area contributed by atoms with Crippen LogP contribution in [0.3, 0.4) is 0 Å². The molecule has 94 valence electrons. The summed E-state index contributed by atoms with van der Waals surface area (Å²) in [5.74, 6) is -0.481. The van der Waals surface area contributed by atoms with Crippen molar-refractivity contribution in [3.63, 3.8) is 0 Å². The van der Waals surface area contributed by atoms with Crippen molar-refractivity contribution in [3.8, 4) is 0 Å². The third-order valence-electron chi connectivity index (χ3n) is 2.36. The van der Waals surface area contributed by atoms with E-state index < -0.39 is 11.4 Å². The van der Waals surface area contributed by atoms with Crippen LogP contribution < -0.4 is 5.56 Å². The Morgan fingerprint density at radius 1 is 1.11 bits per heavy atom. The number of pyridine rings is 1. The van der Waals surface area contributed by atoms with E-state index >= 15 is 0 Å². The Hall–Kier alpha value is -1.03. The second-order valence-corrected chi connectivity index (χ2v) is 4.96. The van der Waals surface area contributed by atoms with Gasteiger partial charge in [-0.1, -0.05) is 40.9 Å². The van der Waals surface area contributed by atoms with Crippen LogP contribution in [0.2, 0.25) is 15.1 Å². The first-order valence-corrected chi connectivity index (χ1v) is 6.10. The fourth-order valence-corrected chi connectivity index (χ4v) is 2.18. The molecule has 0 bridgehead atoms. The van der Waals surface area contributed by atoms with Crippen molar-refractivity contribution in [2.24, 2.45) is 0 Å². The van der Waals surface area contributed by atoms with Crippen LogP contribution in [-0.4, -0.2) is 4.57 Å². The van der Waals surface area contributed by atoms with E-state index in [4.69, 9.17) is 34.8 Å². The molecule has 0 unspecified atom stereocenters. The van der Waals surface area contributed by atoms with Gasteiger partial charge in [-0.15, -0.1) is 0 Å². The standard InChI is InChI=1S/C12H7Cl3FNO/c13-8-2-1-7(11(16)4-8)5-17-6-9(14)3-10(15)12(17)18/h1-4,6H,5H2. The van der Waals surface area contributed by atoms with Crippen molar-refractivity contribution in [1.29, 1.82) is 0 Å². The van der Waals surface area contributed by atoms with Gasteiger partial charge in [0.2, 0.25) is 0 Å². The molecule has 0 spiro atoms. The summed E-state index contributed by atoms with van der Waals surface area (Å²) in [7, 11) is 0. The number of halogens is 4. The zero-order valence-corrected chi connectivity index (χ0v) is 11.2. The Morgan fingerprint density at radius 2 is 1.83 bits per heavy atom. The van der Waals surface area contributed by atoms with Gasteiger partial charge in [0.1, 0.15) is 10.8 Å². The van der Waals surface area contributed by atoms with Gasteiger partial charge < -0.3 is 4.57 Å². The molecule has 0 amide bonds. The van der Waals surface area contributed by atoms with Crippen molar-refractivity contribution in [1.82, 2.24) is 4.57 Å². The quantitative estimate of drug-likeness (QED) is 0.822. The van der Waals surface area contributed by atoms with E-state index in [9.17, 15) is 9.18 Å². The van der Waals surface area contributed by atoms with Gasteiger partial charge >= 0.3 is 0 Å². The van der Waals surface area contributed by atoms with E-state index in [1.54, 1.807) is 6.07 Å². The number of hydrogen-bond donors (Lipinski definition) is 0. The van der Waals surface area contributed by atoms with Crippen molar-refractivity contribution in [3.05, 3.63) is 67.3 Å². The molecular formula is C12H7Cl3FNO. The molecule has 6 heteroatoms. The third kappa shape index (κ3) is 2.86. The second kappa shape index (κ2) is 5.31. The van der Waals surface area contributed by atoms with Gasteiger partial charge in [-0.3, -0.25) is 4.79 Å². The van der Waals surface area contributed by atoms with Crippen molar-refractivity contribution in [2.45, 2.75) is 6.54 Å². The van der Waals surface area contributed by atoms with Gasteiger partial charge in [-0.2, -0.15) is 0 Å². The zero-order chi connectivity index (χ0) is 13.3. The minimum Gasteiger partial charge on any atom is -0.308 e. The maximum absolute atomic E-state index is 13.6. The molecule has 0 aliphatic heterocycles. The monoisotopic (exact) mass is 305 g/mol. The molecule has 0 N–H and O–H groups in total. The van der Waals surface area contributed by atoms with Crippen molar-refractivity contribution in [2.75, 3.05) is 0 Å². The number of benzene rings is 1. The molecule has 0 saturated carbocycles. The highest BCUT2D eigenvalue weighted by molar-refractivity contribution is 6.34. The molecule has 1 aromatic carbocycles. The first kappa shape index (κ1) is 13.4. The first-order chi connectivity index (χ1) is 8.47. The highest BCUT2D eigenvalue weighted by atomic mass is 35.5. The van der Waals surface area contributed by atoms with E-state index in [1.807, 2.05) is 0 Å². The first-order valence-electron chi connectivity index (χ1n) is 4.97. The van der Waals surface area contributed by atoms with Crippen LogP contribution in [0, 0.1) is 5.82 Å². The van der Waals surface area contributed by atoms with E-state index in [2.05, 4.69) is 0 Å². The average molecular weight is 307 g/mol. The molecular weight excluding hydrogens is 299 g/mol. The number of nitrogens with zero attached hydrogens (tertiary/aromatic N) is 1. The molecule has 18 heavy (non-hydrogen) atoms. The van der Waals surface area contributed by atoms with Gasteiger partial charge in [0.15, 0.2) is 0 Å². The molecule has 1 aromatic heterocycles. The van der Waals surface area contributed by atoms with Crippen LogP contribution in [0.25, 0.3) is 0 Å². The van der Waals surface area contributed by atoms with Crippen LogP contribution in [0.1, 0.15) is 5.56 Å². The second-order valence-electron chi connectivity index (χ2n) is 3.68. The topological polar surface area (TPSA) is 22.0 Å². The maximum atomic E-state index is 13.6. The molecule has 2 aromatic rings. The lowest BCUT2D eigenvalue weighted by molar-refractivity contribution is 0.596. The summed E-state index contributed by atoms with van der Waals surface area (Å²) in [6.07, 6.45) is 1.41. The lowest BCUT2D eigenvalue weighted by Gasteiger charge is -2.08. The van der Waals surface area contributed by atoms with Crippen molar-refractivity contribution < 1.29 is 4.39 Å². The highest BCUT2D eigenvalue weighted by Gasteiger charge is 2.08. The predicted octanol–water partition coefficient (Wildman–Crippen LogP) is 4.00. The molecule has 2 nitrogen and oxygen atoms in total. The Morgan fingerprint density at radius 3 is 2.50 bits per heavy atom. The average Bonchev–Trinajstić information content (AvgIpc) is 2.29. The Bertz CT molecular complexity index is 654. The van der Waals surface area contributed by atoms with Crippen LogP contribution in [0.4, 0.5) is 4.39 Å². The van der Waals surface area contributed by atoms with E-state index in [-0.39, 0.29) is 11.6 Å². The summed E-state index contributed by atoms with van der Waals surface area (Å²) in [5.41, 5.74) is -0.0877. The number of rotatable bonds is 2. The predicted molar refractivity (Wildman–Crippen MR) is 71.2 cm³/mol. The van der Waals surface area contributed by atoms with Crippen LogP contribution in [0.15, 0.2) is 35.3 Å². The minimum atomic E-state index is -0.481. The highest BCUT2D eigenvalue weighted by Crippen LogP contribution is 2.17. The molecule has 0 aliphatic carbocycles. The third-order valence-corrected chi connectivity index (χ3v) is 3.08. The normalized spacial score (nSPS) is 10.7. The van der Waals surface area contributed by atoms with E-state index in [1.165, 1.54) is 29.0 Å². The van der Waals surface area contributed by atoms with E-state index in [0.717, 1.165) is 0 Å².